The molecule has 2 heterocycles. The van der Waals surface area contributed by atoms with Crippen LogP contribution in [0.25, 0.3) is 15.9 Å². The Labute approximate surface area is 166 Å². The van der Waals surface area contributed by atoms with Crippen molar-refractivity contribution in [3.8, 4) is 5.69 Å². The van der Waals surface area contributed by atoms with Crippen molar-refractivity contribution >= 4 is 39.3 Å². The number of carbonyl (C=O) groups is 1. The van der Waals surface area contributed by atoms with E-state index in [0.717, 1.165) is 16.1 Å². The lowest BCUT2D eigenvalue weighted by Gasteiger charge is -2.19. The zero-order chi connectivity index (χ0) is 19.8. The van der Waals surface area contributed by atoms with Gasteiger partial charge in [-0.25, -0.2) is 4.98 Å². The lowest BCUT2D eigenvalue weighted by Crippen LogP contribution is -2.26. The first-order valence-corrected chi connectivity index (χ1v) is 10.4. The van der Waals surface area contributed by atoms with E-state index in [4.69, 9.17) is 9.72 Å². The number of carbonyl (C=O) groups excluding carboxylic acids is 1. The summed E-state index contributed by atoms with van der Waals surface area (Å²) in [5.74, 6) is -0.245. The summed E-state index contributed by atoms with van der Waals surface area (Å²) in [4.78, 5) is 31.9. The molecule has 0 amide bonds. The third-order valence-corrected chi connectivity index (χ3v) is 5.94. The number of aryl methyl sites for hydroxylation is 2. The molecule has 0 saturated heterocycles. The summed E-state index contributed by atoms with van der Waals surface area (Å²) in [6.45, 7) is 9.42. The van der Waals surface area contributed by atoms with Gasteiger partial charge in [-0.2, -0.15) is 0 Å². The Morgan fingerprint density at radius 2 is 1.89 bits per heavy atom. The summed E-state index contributed by atoms with van der Waals surface area (Å²) in [5, 5.41) is 1.13. The molecule has 0 radical (unpaired) electrons. The minimum absolute atomic E-state index is 0.0887. The molecule has 0 saturated carbocycles. The highest BCUT2D eigenvalue weighted by Crippen LogP contribution is 2.29. The van der Waals surface area contributed by atoms with Crippen LogP contribution in [0.2, 0.25) is 0 Å². The summed E-state index contributed by atoms with van der Waals surface area (Å²) < 4.78 is 6.95. The summed E-state index contributed by atoms with van der Waals surface area (Å²) in [6, 6.07) is 9.37. The number of fused-ring (bicyclic) bond motifs is 1. The van der Waals surface area contributed by atoms with Gasteiger partial charge in [0.25, 0.3) is 5.56 Å². The number of thiophene rings is 1. The van der Waals surface area contributed by atoms with Crippen LogP contribution in [-0.2, 0) is 9.53 Å². The molecule has 0 unspecified atom stereocenters. The van der Waals surface area contributed by atoms with Gasteiger partial charge in [0.1, 0.15) is 10.4 Å². The molecule has 0 atom stereocenters. The summed E-state index contributed by atoms with van der Waals surface area (Å²) >= 11 is 2.72. The Morgan fingerprint density at radius 1 is 1.22 bits per heavy atom. The first kappa shape index (κ1) is 19.6. The Morgan fingerprint density at radius 3 is 2.52 bits per heavy atom. The van der Waals surface area contributed by atoms with Gasteiger partial charge >= 0.3 is 5.97 Å². The van der Waals surface area contributed by atoms with Gasteiger partial charge in [0, 0.05) is 4.88 Å². The Hall–Kier alpha value is -2.12. The number of esters is 1. The van der Waals surface area contributed by atoms with Crippen molar-refractivity contribution in [2.24, 2.45) is 0 Å². The molecule has 0 spiro atoms. The van der Waals surface area contributed by atoms with E-state index in [2.05, 4.69) is 0 Å². The van der Waals surface area contributed by atoms with E-state index in [1.807, 2.05) is 65.0 Å². The molecular weight excluding hydrogens is 380 g/mol. The van der Waals surface area contributed by atoms with Gasteiger partial charge in [-0.1, -0.05) is 30.0 Å². The van der Waals surface area contributed by atoms with E-state index in [1.54, 1.807) is 4.57 Å². The number of rotatable bonds is 4. The SMILES string of the molecule is Cc1sc2nc(SCC(=O)OC(C)(C)C)n(-c3ccccc3)c(=O)c2c1C. The second-order valence-electron chi connectivity index (χ2n) is 7.21. The molecule has 0 N–H and O–H groups in total. The normalized spacial score (nSPS) is 11.7. The molecule has 0 bridgehead atoms. The zero-order valence-corrected chi connectivity index (χ0v) is 17.7. The smallest absolute Gasteiger partial charge is 0.316 e. The number of hydrogen-bond acceptors (Lipinski definition) is 6. The fraction of sp³-hybridized carbons (Fsp3) is 0.350. The van der Waals surface area contributed by atoms with Crippen molar-refractivity contribution < 1.29 is 9.53 Å². The third-order valence-electron chi connectivity index (χ3n) is 3.93. The van der Waals surface area contributed by atoms with Crippen LogP contribution in [0.5, 0.6) is 0 Å². The van der Waals surface area contributed by atoms with E-state index in [-0.39, 0.29) is 17.3 Å². The van der Waals surface area contributed by atoms with Crippen molar-refractivity contribution in [1.29, 1.82) is 0 Å². The molecule has 27 heavy (non-hydrogen) atoms. The van der Waals surface area contributed by atoms with Crippen LogP contribution in [0.3, 0.4) is 0 Å². The van der Waals surface area contributed by atoms with Crippen molar-refractivity contribution in [3.63, 3.8) is 0 Å². The average molecular weight is 403 g/mol. The lowest BCUT2D eigenvalue weighted by molar-refractivity contribution is -0.151. The average Bonchev–Trinajstić information content (AvgIpc) is 2.87. The fourth-order valence-electron chi connectivity index (χ4n) is 2.67. The molecule has 0 aliphatic heterocycles. The molecule has 2 aromatic heterocycles. The zero-order valence-electron chi connectivity index (χ0n) is 16.0. The van der Waals surface area contributed by atoms with Crippen LogP contribution >= 0.6 is 23.1 Å². The maximum atomic E-state index is 13.3. The van der Waals surface area contributed by atoms with Crippen LogP contribution in [0, 0.1) is 13.8 Å². The van der Waals surface area contributed by atoms with Gasteiger partial charge in [-0.3, -0.25) is 14.2 Å². The minimum Gasteiger partial charge on any atom is -0.459 e. The number of thioether (sulfide) groups is 1. The maximum absolute atomic E-state index is 13.3. The Bertz CT molecular complexity index is 1050. The molecule has 3 rings (SSSR count). The van der Waals surface area contributed by atoms with Crippen molar-refractivity contribution in [2.45, 2.75) is 45.4 Å². The Kier molecular flexibility index (Phi) is 5.44. The maximum Gasteiger partial charge on any atom is 0.316 e. The Balaban J connectivity index is 2.08. The van der Waals surface area contributed by atoms with E-state index in [1.165, 1.54) is 23.1 Å². The predicted molar refractivity (Wildman–Crippen MR) is 111 cm³/mol. The molecule has 3 aromatic rings. The summed E-state index contributed by atoms with van der Waals surface area (Å²) in [7, 11) is 0. The van der Waals surface area contributed by atoms with Crippen molar-refractivity contribution in [3.05, 3.63) is 51.1 Å². The van der Waals surface area contributed by atoms with E-state index in [9.17, 15) is 9.59 Å². The molecule has 0 aliphatic rings. The molecule has 0 fully saturated rings. The topological polar surface area (TPSA) is 61.2 Å². The van der Waals surface area contributed by atoms with Crippen LogP contribution in [0.4, 0.5) is 0 Å². The lowest BCUT2D eigenvalue weighted by atomic mass is 10.2. The van der Waals surface area contributed by atoms with Crippen LogP contribution in [-0.4, -0.2) is 26.9 Å². The highest BCUT2D eigenvalue weighted by molar-refractivity contribution is 7.99. The molecule has 7 heteroatoms. The highest BCUT2D eigenvalue weighted by atomic mass is 32.2. The van der Waals surface area contributed by atoms with E-state index >= 15 is 0 Å². The number of nitrogens with zero attached hydrogens (tertiary/aromatic N) is 2. The second kappa shape index (κ2) is 7.48. The minimum atomic E-state index is -0.546. The third kappa shape index (κ3) is 4.25. The van der Waals surface area contributed by atoms with Gasteiger partial charge in [0.2, 0.25) is 0 Å². The van der Waals surface area contributed by atoms with Gasteiger partial charge in [-0.15, -0.1) is 11.3 Å². The molecule has 0 aliphatic carbocycles. The summed E-state index contributed by atoms with van der Waals surface area (Å²) in [5.41, 5.74) is 1.03. The number of ether oxygens (including phenoxy) is 1. The first-order chi connectivity index (χ1) is 12.7. The van der Waals surface area contributed by atoms with Gasteiger partial charge in [-0.05, 0) is 52.3 Å². The quantitative estimate of drug-likeness (QED) is 0.365. The molecule has 5 nitrogen and oxygen atoms in total. The van der Waals surface area contributed by atoms with Gasteiger partial charge in [0.15, 0.2) is 5.16 Å². The second-order valence-corrected chi connectivity index (χ2v) is 9.35. The van der Waals surface area contributed by atoms with Gasteiger partial charge < -0.3 is 4.74 Å². The number of benzene rings is 1. The van der Waals surface area contributed by atoms with Crippen LogP contribution < -0.4 is 5.56 Å². The molecule has 1 aromatic carbocycles. The van der Waals surface area contributed by atoms with Crippen molar-refractivity contribution in [1.82, 2.24) is 9.55 Å². The number of para-hydroxylation sites is 1. The largest absolute Gasteiger partial charge is 0.459 e. The number of hydrogen-bond donors (Lipinski definition) is 0. The van der Waals surface area contributed by atoms with Crippen LogP contribution in [0.15, 0.2) is 40.3 Å². The monoisotopic (exact) mass is 402 g/mol. The standard InChI is InChI=1S/C20H22N2O3S2/c1-12-13(2)27-17-16(12)18(24)22(14-9-7-6-8-10-14)19(21-17)26-11-15(23)25-20(3,4)5/h6-10H,11H2,1-5H3. The fourth-order valence-corrected chi connectivity index (χ4v) is 4.53. The number of aromatic nitrogens is 2. The summed E-state index contributed by atoms with van der Waals surface area (Å²) in [6.07, 6.45) is 0. The molecule has 142 valence electrons. The van der Waals surface area contributed by atoms with E-state index < -0.39 is 5.60 Å². The predicted octanol–water partition coefficient (Wildman–Crippen LogP) is 4.50. The van der Waals surface area contributed by atoms with Gasteiger partial charge in [0.05, 0.1) is 16.8 Å². The van der Waals surface area contributed by atoms with E-state index in [0.29, 0.717) is 15.4 Å². The first-order valence-electron chi connectivity index (χ1n) is 8.60. The van der Waals surface area contributed by atoms with Crippen LogP contribution in [0.1, 0.15) is 31.2 Å². The molecular formula is C20H22N2O3S2. The van der Waals surface area contributed by atoms with Crippen molar-refractivity contribution in [2.75, 3.05) is 5.75 Å². The highest BCUT2D eigenvalue weighted by Gasteiger charge is 2.21.